The third-order valence-electron chi connectivity index (χ3n) is 3.23. The second kappa shape index (κ2) is 4.80. The first-order valence-corrected chi connectivity index (χ1v) is 6.03. The van der Waals surface area contributed by atoms with Gasteiger partial charge in [-0.1, -0.05) is 6.92 Å². The molecule has 0 radical (unpaired) electrons. The van der Waals surface area contributed by atoms with Crippen LogP contribution < -0.4 is 0 Å². The Morgan fingerprint density at radius 2 is 2.22 bits per heavy atom. The van der Waals surface area contributed by atoms with Crippen LogP contribution in [0.2, 0.25) is 0 Å². The molecule has 1 atom stereocenters. The molecule has 18 heavy (non-hydrogen) atoms. The molecule has 2 rings (SSSR count). The maximum atomic E-state index is 13.3. The van der Waals surface area contributed by atoms with E-state index in [1.165, 1.54) is 12.1 Å². The van der Waals surface area contributed by atoms with Gasteiger partial charge in [0.1, 0.15) is 5.82 Å². The second-order valence-corrected chi connectivity index (χ2v) is 4.53. The lowest BCUT2D eigenvalue weighted by Crippen LogP contribution is -2.02. The third-order valence-corrected chi connectivity index (χ3v) is 3.23. The molecule has 4 heteroatoms. The van der Waals surface area contributed by atoms with Crippen molar-refractivity contribution in [1.29, 1.82) is 0 Å². The van der Waals surface area contributed by atoms with Gasteiger partial charge in [0.05, 0.1) is 11.9 Å². The van der Waals surface area contributed by atoms with Gasteiger partial charge in [0.2, 0.25) is 0 Å². The Labute approximate surface area is 105 Å². The highest BCUT2D eigenvalue weighted by Crippen LogP contribution is 2.30. The summed E-state index contributed by atoms with van der Waals surface area (Å²) in [7, 11) is 0. The quantitative estimate of drug-likeness (QED) is 0.902. The van der Waals surface area contributed by atoms with Gasteiger partial charge >= 0.3 is 5.97 Å². The Morgan fingerprint density at radius 1 is 1.50 bits per heavy atom. The first kappa shape index (κ1) is 12.6. The molecule has 0 fully saturated rings. The number of carboxylic acids is 1. The van der Waals surface area contributed by atoms with Crippen molar-refractivity contribution >= 4 is 16.9 Å². The van der Waals surface area contributed by atoms with E-state index in [-0.39, 0.29) is 18.2 Å². The van der Waals surface area contributed by atoms with E-state index in [0.29, 0.717) is 0 Å². The molecule has 3 nitrogen and oxygen atoms in total. The van der Waals surface area contributed by atoms with E-state index in [0.717, 1.165) is 23.0 Å². The fraction of sp³-hybridized carbons (Fsp3) is 0.357. The average molecular weight is 249 g/mol. The van der Waals surface area contributed by atoms with E-state index in [1.54, 1.807) is 6.07 Å². The molecule has 0 bridgehead atoms. The summed E-state index contributed by atoms with van der Waals surface area (Å²) in [5.74, 6) is -1.17. The topological polar surface area (TPSA) is 42.2 Å². The van der Waals surface area contributed by atoms with E-state index in [9.17, 15) is 9.18 Å². The van der Waals surface area contributed by atoms with E-state index < -0.39 is 5.97 Å². The van der Waals surface area contributed by atoms with Gasteiger partial charge in [0.15, 0.2) is 0 Å². The van der Waals surface area contributed by atoms with Crippen molar-refractivity contribution in [2.75, 3.05) is 0 Å². The predicted octanol–water partition coefficient (Wildman–Crippen LogP) is 3.38. The monoisotopic (exact) mass is 249 g/mol. The average Bonchev–Trinajstić information content (AvgIpc) is 2.66. The van der Waals surface area contributed by atoms with Crippen molar-refractivity contribution in [2.24, 2.45) is 0 Å². The van der Waals surface area contributed by atoms with Gasteiger partial charge in [-0.15, -0.1) is 0 Å². The molecule has 96 valence electrons. The molecule has 2 aromatic rings. The molecular formula is C14H16FNO2. The Bertz CT molecular complexity index is 589. The molecule has 1 unspecified atom stereocenters. The minimum absolute atomic E-state index is 0.0803. The molecule has 0 saturated heterocycles. The number of carbonyl (C=O) groups is 1. The Balaban J connectivity index is 2.54. The van der Waals surface area contributed by atoms with Crippen molar-refractivity contribution in [1.82, 2.24) is 4.57 Å². The number of nitrogens with zero attached hydrogens (tertiary/aromatic N) is 1. The summed E-state index contributed by atoms with van der Waals surface area (Å²) in [5.41, 5.74) is 1.79. The summed E-state index contributed by atoms with van der Waals surface area (Å²) in [6.45, 7) is 4.60. The lowest BCUT2D eigenvalue weighted by molar-refractivity contribution is -0.137. The zero-order valence-corrected chi connectivity index (χ0v) is 10.5. The first-order chi connectivity index (χ1) is 8.52. The zero-order chi connectivity index (χ0) is 13.3. The van der Waals surface area contributed by atoms with Gasteiger partial charge < -0.3 is 9.67 Å². The zero-order valence-electron chi connectivity index (χ0n) is 10.5. The summed E-state index contributed by atoms with van der Waals surface area (Å²) in [4.78, 5) is 10.8. The summed E-state index contributed by atoms with van der Waals surface area (Å²) in [6, 6.07) is 4.64. The molecule has 0 aliphatic carbocycles. The second-order valence-electron chi connectivity index (χ2n) is 4.53. The number of halogens is 1. The van der Waals surface area contributed by atoms with Gasteiger partial charge in [-0.05, 0) is 36.6 Å². The standard InChI is InChI=1S/C14H16FNO2/c1-3-16-8-12(9(2)6-14(17)18)11-5-4-10(15)7-13(11)16/h4-5,7-9H,3,6H2,1-2H3,(H,17,18). The summed E-state index contributed by atoms with van der Waals surface area (Å²) in [5, 5.41) is 9.80. The Morgan fingerprint density at radius 3 is 2.83 bits per heavy atom. The number of rotatable bonds is 4. The van der Waals surface area contributed by atoms with Gasteiger partial charge in [-0.3, -0.25) is 4.79 Å². The van der Waals surface area contributed by atoms with Crippen LogP contribution in [0.4, 0.5) is 4.39 Å². The smallest absolute Gasteiger partial charge is 0.303 e. The maximum Gasteiger partial charge on any atom is 0.303 e. The third kappa shape index (κ3) is 2.23. The van der Waals surface area contributed by atoms with Crippen molar-refractivity contribution in [3.8, 4) is 0 Å². The molecule has 0 aliphatic rings. The van der Waals surface area contributed by atoms with Crippen molar-refractivity contribution in [2.45, 2.75) is 32.7 Å². The number of benzene rings is 1. The lowest BCUT2D eigenvalue weighted by Gasteiger charge is -2.06. The summed E-state index contributed by atoms with van der Waals surface area (Å²) < 4.78 is 15.2. The van der Waals surface area contributed by atoms with Crippen LogP contribution in [0, 0.1) is 5.82 Å². The number of aryl methyl sites for hydroxylation is 1. The summed E-state index contributed by atoms with van der Waals surface area (Å²) >= 11 is 0. The maximum absolute atomic E-state index is 13.3. The lowest BCUT2D eigenvalue weighted by atomic mass is 9.97. The van der Waals surface area contributed by atoms with Gasteiger partial charge in [-0.25, -0.2) is 4.39 Å². The van der Waals surface area contributed by atoms with Gasteiger partial charge in [-0.2, -0.15) is 0 Å². The first-order valence-electron chi connectivity index (χ1n) is 6.03. The van der Waals surface area contributed by atoms with E-state index >= 15 is 0 Å². The number of fused-ring (bicyclic) bond motifs is 1. The van der Waals surface area contributed by atoms with Crippen LogP contribution in [0.25, 0.3) is 10.9 Å². The van der Waals surface area contributed by atoms with E-state index in [1.807, 2.05) is 24.6 Å². The molecule has 0 spiro atoms. The minimum Gasteiger partial charge on any atom is -0.481 e. The number of hydrogen-bond donors (Lipinski definition) is 1. The number of aromatic nitrogens is 1. The van der Waals surface area contributed by atoms with Crippen LogP contribution in [-0.4, -0.2) is 15.6 Å². The van der Waals surface area contributed by atoms with Crippen molar-refractivity contribution in [3.05, 3.63) is 35.8 Å². The number of hydrogen-bond acceptors (Lipinski definition) is 1. The van der Waals surface area contributed by atoms with Crippen LogP contribution in [0.3, 0.4) is 0 Å². The molecule has 1 N–H and O–H groups in total. The number of aliphatic carboxylic acids is 1. The molecule has 0 aliphatic heterocycles. The van der Waals surface area contributed by atoms with E-state index in [4.69, 9.17) is 5.11 Å². The minimum atomic E-state index is -0.818. The normalized spacial score (nSPS) is 12.8. The highest BCUT2D eigenvalue weighted by atomic mass is 19.1. The van der Waals surface area contributed by atoms with Crippen LogP contribution in [0.1, 0.15) is 31.7 Å². The summed E-state index contributed by atoms with van der Waals surface area (Å²) in [6.07, 6.45) is 2.01. The predicted molar refractivity (Wildman–Crippen MR) is 68.2 cm³/mol. The highest BCUT2D eigenvalue weighted by Gasteiger charge is 2.16. The van der Waals surface area contributed by atoms with Crippen LogP contribution in [-0.2, 0) is 11.3 Å². The molecule has 0 amide bonds. The van der Waals surface area contributed by atoms with Gasteiger partial charge in [0, 0.05) is 18.1 Å². The Kier molecular flexibility index (Phi) is 3.36. The Hall–Kier alpha value is -1.84. The molecule has 1 aromatic heterocycles. The van der Waals surface area contributed by atoms with Crippen molar-refractivity contribution in [3.63, 3.8) is 0 Å². The fourth-order valence-electron chi connectivity index (χ4n) is 2.32. The molecular weight excluding hydrogens is 233 g/mol. The van der Waals surface area contributed by atoms with Crippen molar-refractivity contribution < 1.29 is 14.3 Å². The van der Waals surface area contributed by atoms with Crippen LogP contribution in [0.15, 0.2) is 24.4 Å². The molecule has 1 heterocycles. The molecule has 0 saturated carbocycles. The van der Waals surface area contributed by atoms with Gasteiger partial charge in [0.25, 0.3) is 0 Å². The number of carboxylic acid groups (broad SMARTS) is 1. The largest absolute Gasteiger partial charge is 0.481 e. The highest BCUT2D eigenvalue weighted by molar-refractivity contribution is 5.85. The molecule has 1 aromatic carbocycles. The van der Waals surface area contributed by atoms with E-state index in [2.05, 4.69) is 0 Å². The fourth-order valence-corrected chi connectivity index (χ4v) is 2.32. The van der Waals surface area contributed by atoms with Crippen LogP contribution >= 0.6 is 0 Å². The van der Waals surface area contributed by atoms with Crippen LogP contribution in [0.5, 0.6) is 0 Å². The SMILES string of the molecule is CCn1cc(C(C)CC(=O)O)c2ccc(F)cc21.